The first kappa shape index (κ1) is 53.7. The Morgan fingerprint density at radius 2 is 1.00 bits per heavy atom. The molecule has 324 valence electrons. The van der Waals surface area contributed by atoms with Gasteiger partial charge in [0.05, 0.1) is 39.9 Å². The van der Waals surface area contributed by atoms with Crippen molar-refractivity contribution < 1.29 is 32.9 Å². The number of phosphoric ester groups is 1. The minimum absolute atomic E-state index is 0.0562. The number of carbonyl (C=O) groups is 1. The Morgan fingerprint density at radius 1 is 0.600 bits per heavy atom. The molecule has 3 atom stereocenters. The van der Waals surface area contributed by atoms with Crippen LogP contribution in [-0.4, -0.2) is 73.4 Å². The van der Waals surface area contributed by atoms with E-state index < -0.39 is 20.0 Å². The van der Waals surface area contributed by atoms with Crippen LogP contribution in [0.2, 0.25) is 0 Å². The molecule has 0 fully saturated rings. The molecule has 0 aliphatic heterocycles. The van der Waals surface area contributed by atoms with E-state index in [1.54, 1.807) is 6.08 Å². The van der Waals surface area contributed by atoms with E-state index in [9.17, 15) is 19.4 Å². The number of aliphatic hydroxyl groups is 1. The average Bonchev–Trinajstić information content (AvgIpc) is 3.13. The Bertz CT molecular complexity index is 995. The van der Waals surface area contributed by atoms with Crippen LogP contribution in [0.25, 0.3) is 0 Å². The normalized spacial score (nSPS) is 14.7. The number of nitrogens with zero attached hydrogens (tertiary/aromatic N) is 1. The molecule has 3 N–H and O–H groups in total. The summed E-state index contributed by atoms with van der Waals surface area (Å²) in [4.78, 5) is 23.1. The van der Waals surface area contributed by atoms with Crippen molar-refractivity contribution in [3.8, 4) is 0 Å². The van der Waals surface area contributed by atoms with Gasteiger partial charge in [0.1, 0.15) is 13.2 Å². The van der Waals surface area contributed by atoms with Crippen LogP contribution in [0.15, 0.2) is 36.5 Å². The van der Waals surface area contributed by atoms with Crippen LogP contribution in [0.1, 0.15) is 200 Å². The summed E-state index contributed by atoms with van der Waals surface area (Å²) >= 11 is 0. The maximum atomic E-state index is 12.9. The minimum atomic E-state index is -4.34. The van der Waals surface area contributed by atoms with Gasteiger partial charge in [-0.3, -0.25) is 13.8 Å². The van der Waals surface area contributed by atoms with Gasteiger partial charge in [0, 0.05) is 6.42 Å². The number of hydrogen-bond donors (Lipinski definition) is 3. The Kier molecular flexibility index (Phi) is 37.4. The lowest BCUT2D eigenvalue weighted by Gasteiger charge is -2.25. The third-order valence-corrected chi connectivity index (χ3v) is 11.1. The molecule has 0 aliphatic rings. The molecular formula is C46H90N2O6P+. The molecule has 0 saturated heterocycles. The second-order valence-corrected chi connectivity index (χ2v) is 18.2. The number of likely N-dealkylation sites (N-methyl/N-ethyl adjacent to an activating group) is 1. The number of hydrogen-bond acceptors (Lipinski definition) is 5. The number of aliphatic hydroxyl groups excluding tert-OH is 1. The van der Waals surface area contributed by atoms with Crippen molar-refractivity contribution in [3.63, 3.8) is 0 Å². The summed E-state index contributed by atoms with van der Waals surface area (Å²) in [5, 5.41) is 13.8. The first-order valence-corrected chi connectivity index (χ1v) is 24.4. The van der Waals surface area contributed by atoms with Gasteiger partial charge in [0.25, 0.3) is 0 Å². The van der Waals surface area contributed by atoms with Gasteiger partial charge >= 0.3 is 7.82 Å². The first-order valence-electron chi connectivity index (χ1n) is 22.9. The Morgan fingerprint density at radius 3 is 1.45 bits per heavy atom. The fourth-order valence-electron chi connectivity index (χ4n) is 6.40. The van der Waals surface area contributed by atoms with Crippen molar-refractivity contribution in [1.82, 2.24) is 5.32 Å². The van der Waals surface area contributed by atoms with Crippen molar-refractivity contribution in [2.75, 3.05) is 40.9 Å². The van der Waals surface area contributed by atoms with Gasteiger partial charge in [-0.25, -0.2) is 4.57 Å². The minimum Gasteiger partial charge on any atom is -0.387 e. The highest BCUT2D eigenvalue weighted by Gasteiger charge is 2.27. The van der Waals surface area contributed by atoms with Gasteiger partial charge in [0.2, 0.25) is 5.91 Å². The monoisotopic (exact) mass is 798 g/mol. The third kappa shape index (κ3) is 40.7. The molecule has 0 bridgehead atoms. The van der Waals surface area contributed by atoms with Crippen molar-refractivity contribution in [3.05, 3.63) is 36.5 Å². The van der Waals surface area contributed by atoms with Gasteiger partial charge in [0.15, 0.2) is 0 Å². The molecule has 0 spiro atoms. The standard InChI is InChI=1S/C46H89N2O6P/c1-6-8-10-12-14-16-18-20-21-22-23-24-25-26-27-28-30-32-34-36-38-40-46(50)47-44(43-54-55(51,52)53-42-41-48(3,4)5)45(49)39-37-35-33-31-29-19-17-15-13-11-9-7-2/h20-21,29,31,37,39,44-45,49H,6-19,22-28,30,32-36,38,40-43H2,1-5H3,(H-,47,50,51,52)/p+1/b21-20+,31-29+,39-37+/t44-,45+/m0/s1. The molecule has 0 saturated carbocycles. The molecule has 8 nitrogen and oxygen atoms in total. The second kappa shape index (κ2) is 38.2. The third-order valence-electron chi connectivity index (χ3n) is 10.1. The first-order chi connectivity index (χ1) is 26.5. The highest BCUT2D eigenvalue weighted by atomic mass is 31.2. The van der Waals surface area contributed by atoms with Crippen molar-refractivity contribution >= 4 is 13.7 Å². The van der Waals surface area contributed by atoms with E-state index in [1.807, 2.05) is 27.2 Å². The Hall–Kier alpha value is -1.28. The van der Waals surface area contributed by atoms with Crippen LogP contribution in [0.4, 0.5) is 0 Å². The summed E-state index contributed by atoms with van der Waals surface area (Å²) in [6.45, 7) is 4.77. The zero-order chi connectivity index (χ0) is 40.7. The van der Waals surface area contributed by atoms with Crippen molar-refractivity contribution in [2.24, 2.45) is 0 Å². The quantitative estimate of drug-likeness (QED) is 0.0246. The molecule has 0 aromatic heterocycles. The van der Waals surface area contributed by atoms with E-state index in [2.05, 4.69) is 43.5 Å². The van der Waals surface area contributed by atoms with E-state index in [4.69, 9.17) is 9.05 Å². The molecule has 0 aromatic carbocycles. The number of unbranched alkanes of at least 4 members (excludes halogenated alkanes) is 24. The summed E-state index contributed by atoms with van der Waals surface area (Å²) in [6.07, 6.45) is 46.5. The topological polar surface area (TPSA) is 105 Å². The lowest BCUT2D eigenvalue weighted by molar-refractivity contribution is -0.870. The molecular weight excluding hydrogens is 707 g/mol. The summed E-state index contributed by atoms with van der Waals surface area (Å²) in [7, 11) is 1.55. The predicted molar refractivity (Wildman–Crippen MR) is 235 cm³/mol. The number of rotatable bonds is 41. The number of amides is 1. The summed E-state index contributed by atoms with van der Waals surface area (Å²) < 4.78 is 23.5. The van der Waals surface area contributed by atoms with Gasteiger partial charge in [-0.2, -0.15) is 0 Å². The Labute approximate surface area is 340 Å². The number of nitrogens with one attached hydrogen (secondary N) is 1. The maximum Gasteiger partial charge on any atom is 0.472 e. The van der Waals surface area contributed by atoms with Gasteiger partial charge in [-0.05, 0) is 57.8 Å². The highest BCUT2D eigenvalue weighted by Crippen LogP contribution is 2.43. The molecule has 0 aromatic rings. The highest BCUT2D eigenvalue weighted by molar-refractivity contribution is 7.47. The zero-order valence-corrected chi connectivity index (χ0v) is 37.6. The van der Waals surface area contributed by atoms with E-state index in [1.165, 1.54) is 141 Å². The molecule has 1 unspecified atom stereocenters. The SMILES string of the molecule is CCCCCCCC/C=C/CC/C=C/[C@@H](O)[C@H](COP(=O)(O)OCC[N+](C)(C)C)NC(=O)CCCCCCCCCCCCC/C=C/CCCCCCCC. The summed E-state index contributed by atoms with van der Waals surface area (Å²) in [5.74, 6) is -0.189. The van der Waals surface area contributed by atoms with E-state index in [-0.39, 0.29) is 19.1 Å². The zero-order valence-electron chi connectivity index (χ0n) is 36.7. The second-order valence-electron chi connectivity index (χ2n) is 16.8. The van der Waals surface area contributed by atoms with Crippen LogP contribution in [-0.2, 0) is 18.4 Å². The van der Waals surface area contributed by atoms with E-state index in [0.717, 1.165) is 38.5 Å². The number of allylic oxidation sites excluding steroid dienone is 5. The fourth-order valence-corrected chi connectivity index (χ4v) is 7.14. The van der Waals surface area contributed by atoms with Crippen LogP contribution < -0.4 is 5.32 Å². The van der Waals surface area contributed by atoms with Crippen LogP contribution in [0.3, 0.4) is 0 Å². The van der Waals surface area contributed by atoms with E-state index >= 15 is 0 Å². The lowest BCUT2D eigenvalue weighted by Crippen LogP contribution is -2.45. The molecule has 55 heavy (non-hydrogen) atoms. The van der Waals surface area contributed by atoms with Gasteiger partial charge in [-0.15, -0.1) is 0 Å². The van der Waals surface area contributed by atoms with Crippen LogP contribution >= 0.6 is 7.82 Å². The summed E-state index contributed by atoms with van der Waals surface area (Å²) in [6, 6.07) is -0.860. The number of carbonyl (C=O) groups excluding carboxylic acids is 1. The molecule has 1 amide bonds. The van der Waals surface area contributed by atoms with E-state index in [0.29, 0.717) is 17.4 Å². The fraction of sp³-hybridized carbons (Fsp3) is 0.848. The molecule has 9 heteroatoms. The maximum absolute atomic E-state index is 12.9. The molecule has 0 radical (unpaired) electrons. The van der Waals surface area contributed by atoms with Gasteiger partial charge in [-0.1, -0.05) is 172 Å². The lowest BCUT2D eigenvalue weighted by atomic mass is 10.0. The van der Waals surface area contributed by atoms with Crippen molar-refractivity contribution in [2.45, 2.75) is 212 Å². The summed E-state index contributed by atoms with van der Waals surface area (Å²) in [5.41, 5.74) is 0. The Balaban J connectivity index is 4.34. The largest absolute Gasteiger partial charge is 0.472 e. The number of quaternary nitrogens is 1. The molecule has 0 rings (SSSR count). The van der Waals surface area contributed by atoms with Crippen molar-refractivity contribution in [1.29, 1.82) is 0 Å². The molecule has 0 heterocycles. The molecule has 0 aliphatic carbocycles. The number of phosphoric acid groups is 1. The van der Waals surface area contributed by atoms with Crippen LogP contribution in [0.5, 0.6) is 0 Å². The van der Waals surface area contributed by atoms with Gasteiger partial charge < -0.3 is 19.8 Å². The predicted octanol–water partition coefficient (Wildman–Crippen LogP) is 12.7. The van der Waals surface area contributed by atoms with Crippen LogP contribution in [0, 0.1) is 0 Å². The average molecular weight is 798 g/mol. The smallest absolute Gasteiger partial charge is 0.387 e.